The summed E-state index contributed by atoms with van der Waals surface area (Å²) >= 11 is 0. The molecule has 2 heterocycles. The summed E-state index contributed by atoms with van der Waals surface area (Å²) in [6.45, 7) is 0. The van der Waals surface area contributed by atoms with Gasteiger partial charge in [0.25, 0.3) is 0 Å². The van der Waals surface area contributed by atoms with Gasteiger partial charge in [-0.2, -0.15) is 0 Å². The molecule has 0 radical (unpaired) electrons. The highest BCUT2D eigenvalue weighted by atomic mass is 16.1. The molecule has 1 aromatic carbocycles. The van der Waals surface area contributed by atoms with Gasteiger partial charge in [-0.3, -0.25) is 4.79 Å². The van der Waals surface area contributed by atoms with E-state index in [0.717, 1.165) is 22.6 Å². The van der Waals surface area contributed by atoms with Crippen molar-refractivity contribution in [2.75, 3.05) is 5.32 Å². The third-order valence-corrected chi connectivity index (χ3v) is 3.98. The second-order valence-electron chi connectivity index (χ2n) is 5.87. The standard InChI is InChI=1S/C18H17N3O/c22-18(10-13-7-8-13)19-15-5-3-4-14(11-15)16-12-21-9-2-1-6-17(21)20-16/h1-6,9,11-13H,7-8,10H2,(H,19,22). The topological polar surface area (TPSA) is 46.4 Å². The molecule has 1 N–H and O–H groups in total. The first-order valence-corrected chi connectivity index (χ1v) is 7.62. The smallest absolute Gasteiger partial charge is 0.224 e. The van der Waals surface area contributed by atoms with Gasteiger partial charge < -0.3 is 9.72 Å². The Balaban J connectivity index is 1.58. The van der Waals surface area contributed by atoms with Crippen molar-refractivity contribution >= 4 is 17.2 Å². The Bertz CT molecular complexity index is 800. The van der Waals surface area contributed by atoms with Crippen molar-refractivity contribution in [2.24, 2.45) is 5.92 Å². The normalized spacial score (nSPS) is 14.2. The number of aromatic nitrogens is 2. The average molecular weight is 291 g/mol. The van der Waals surface area contributed by atoms with Crippen molar-refractivity contribution in [2.45, 2.75) is 19.3 Å². The number of carbonyl (C=O) groups excluding carboxylic acids is 1. The van der Waals surface area contributed by atoms with Crippen LogP contribution in [0.2, 0.25) is 0 Å². The summed E-state index contributed by atoms with van der Waals surface area (Å²) in [5.41, 5.74) is 3.67. The molecule has 0 unspecified atom stereocenters. The Morgan fingerprint density at radius 1 is 1.23 bits per heavy atom. The molecule has 0 spiro atoms. The van der Waals surface area contributed by atoms with E-state index in [-0.39, 0.29) is 5.91 Å². The van der Waals surface area contributed by atoms with Gasteiger partial charge in [-0.05, 0) is 43.0 Å². The fourth-order valence-electron chi connectivity index (χ4n) is 2.63. The van der Waals surface area contributed by atoms with Gasteiger partial charge in [0.05, 0.1) is 5.69 Å². The molecule has 4 heteroatoms. The summed E-state index contributed by atoms with van der Waals surface area (Å²) in [5, 5.41) is 2.98. The lowest BCUT2D eigenvalue weighted by molar-refractivity contribution is -0.116. The number of hydrogen-bond donors (Lipinski definition) is 1. The van der Waals surface area contributed by atoms with Crippen molar-refractivity contribution in [3.05, 3.63) is 54.9 Å². The molecule has 22 heavy (non-hydrogen) atoms. The van der Waals surface area contributed by atoms with E-state index in [1.54, 1.807) is 0 Å². The van der Waals surface area contributed by atoms with Gasteiger partial charge >= 0.3 is 0 Å². The van der Waals surface area contributed by atoms with Gasteiger partial charge in [0, 0.05) is 30.1 Å². The molecule has 4 rings (SSSR count). The van der Waals surface area contributed by atoms with Gasteiger partial charge in [0.2, 0.25) is 5.91 Å². The first-order chi connectivity index (χ1) is 10.8. The minimum atomic E-state index is 0.106. The predicted molar refractivity (Wildman–Crippen MR) is 86.6 cm³/mol. The van der Waals surface area contributed by atoms with E-state index in [0.29, 0.717) is 12.3 Å². The third kappa shape index (κ3) is 2.72. The molecule has 3 aromatic rings. The summed E-state index contributed by atoms with van der Waals surface area (Å²) in [6.07, 6.45) is 7.00. The molecule has 2 aromatic heterocycles. The number of nitrogens with one attached hydrogen (secondary N) is 1. The van der Waals surface area contributed by atoms with E-state index in [9.17, 15) is 4.79 Å². The van der Waals surface area contributed by atoms with E-state index in [4.69, 9.17) is 0 Å². The maximum atomic E-state index is 11.9. The summed E-state index contributed by atoms with van der Waals surface area (Å²) in [5.74, 6) is 0.705. The van der Waals surface area contributed by atoms with E-state index in [2.05, 4.69) is 10.3 Å². The summed E-state index contributed by atoms with van der Waals surface area (Å²) in [4.78, 5) is 16.5. The third-order valence-electron chi connectivity index (χ3n) is 3.98. The lowest BCUT2D eigenvalue weighted by Gasteiger charge is -2.06. The number of rotatable bonds is 4. The molecule has 1 aliphatic rings. The molecule has 0 saturated heterocycles. The first kappa shape index (κ1) is 13.1. The van der Waals surface area contributed by atoms with Gasteiger partial charge in [0.15, 0.2) is 0 Å². The van der Waals surface area contributed by atoms with Crippen LogP contribution in [0.4, 0.5) is 5.69 Å². The van der Waals surface area contributed by atoms with Crippen LogP contribution in [-0.2, 0) is 4.79 Å². The van der Waals surface area contributed by atoms with E-state index < -0.39 is 0 Å². The van der Waals surface area contributed by atoms with Crippen LogP contribution < -0.4 is 5.32 Å². The zero-order chi connectivity index (χ0) is 14.9. The van der Waals surface area contributed by atoms with Gasteiger partial charge in [-0.1, -0.05) is 18.2 Å². The number of amides is 1. The van der Waals surface area contributed by atoms with Crippen molar-refractivity contribution in [1.82, 2.24) is 9.38 Å². The second-order valence-corrected chi connectivity index (χ2v) is 5.87. The Labute approximate surface area is 128 Å². The van der Waals surface area contributed by atoms with Crippen LogP contribution in [0.3, 0.4) is 0 Å². The molecule has 0 atom stereocenters. The lowest BCUT2D eigenvalue weighted by Crippen LogP contribution is -2.11. The number of pyridine rings is 1. The van der Waals surface area contributed by atoms with Gasteiger partial charge in [-0.25, -0.2) is 4.98 Å². The van der Waals surface area contributed by atoms with Crippen LogP contribution in [0.1, 0.15) is 19.3 Å². The molecule has 0 bridgehead atoms. The number of nitrogens with zero attached hydrogens (tertiary/aromatic N) is 2. The number of hydrogen-bond acceptors (Lipinski definition) is 2. The van der Waals surface area contributed by atoms with Crippen molar-refractivity contribution in [3.63, 3.8) is 0 Å². The molecule has 1 saturated carbocycles. The molecular formula is C18H17N3O. The highest BCUT2D eigenvalue weighted by Gasteiger charge is 2.24. The molecule has 1 amide bonds. The Morgan fingerprint density at radius 2 is 2.14 bits per heavy atom. The average Bonchev–Trinajstić information content (AvgIpc) is 3.22. The molecular weight excluding hydrogens is 274 g/mol. The Kier molecular flexibility index (Phi) is 3.15. The minimum Gasteiger partial charge on any atom is -0.326 e. The predicted octanol–water partition coefficient (Wildman–Crippen LogP) is 3.74. The van der Waals surface area contributed by atoms with Crippen molar-refractivity contribution in [1.29, 1.82) is 0 Å². The zero-order valence-corrected chi connectivity index (χ0v) is 12.2. The fourth-order valence-corrected chi connectivity index (χ4v) is 2.63. The zero-order valence-electron chi connectivity index (χ0n) is 12.2. The fraction of sp³-hybridized carbons (Fsp3) is 0.222. The number of anilines is 1. The molecule has 1 aliphatic carbocycles. The number of fused-ring (bicyclic) bond motifs is 1. The van der Waals surface area contributed by atoms with Gasteiger partial charge in [-0.15, -0.1) is 0 Å². The largest absolute Gasteiger partial charge is 0.326 e. The van der Waals surface area contributed by atoms with E-state index >= 15 is 0 Å². The number of carbonyl (C=O) groups is 1. The van der Waals surface area contributed by atoms with E-state index in [1.165, 1.54) is 12.8 Å². The van der Waals surface area contributed by atoms with Crippen LogP contribution in [0, 0.1) is 5.92 Å². The Hall–Kier alpha value is -2.62. The van der Waals surface area contributed by atoms with Crippen LogP contribution >= 0.6 is 0 Å². The minimum absolute atomic E-state index is 0.106. The van der Waals surface area contributed by atoms with E-state index in [1.807, 2.05) is 59.3 Å². The SMILES string of the molecule is O=C(CC1CC1)Nc1cccc(-c2cn3ccccc3n2)c1. The van der Waals surface area contributed by atoms with Crippen molar-refractivity contribution < 1.29 is 4.79 Å². The Morgan fingerprint density at radius 3 is 2.95 bits per heavy atom. The number of benzene rings is 1. The van der Waals surface area contributed by atoms with Crippen LogP contribution in [0.15, 0.2) is 54.9 Å². The molecule has 4 nitrogen and oxygen atoms in total. The van der Waals surface area contributed by atoms with Crippen LogP contribution in [0.5, 0.6) is 0 Å². The quantitative estimate of drug-likeness (QED) is 0.796. The maximum absolute atomic E-state index is 11.9. The molecule has 1 fully saturated rings. The first-order valence-electron chi connectivity index (χ1n) is 7.62. The lowest BCUT2D eigenvalue weighted by atomic mass is 10.1. The summed E-state index contributed by atoms with van der Waals surface area (Å²) in [6, 6.07) is 13.8. The monoisotopic (exact) mass is 291 g/mol. The second kappa shape index (κ2) is 5.30. The van der Waals surface area contributed by atoms with Gasteiger partial charge in [0.1, 0.15) is 5.65 Å². The highest BCUT2D eigenvalue weighted by Crippen LogP contribution is 2.32. The highest BCUT2D eigenvalue weighted by molar-refractivity contribution is 5.91. The summed E-state index contributed by atoms with van der Waals surface area (Å²) < 4.78 is 1.99. The maximum Gasteiger partial charge on any atom is 0.224 e. The molecule has 0 aliphatic heterocycles. The van der Waals surface area contributed by atoms with Crippen LogP contribution in [0.25, 0.3) is 16.9 Å². The molecule has 110 valence electrons. The van der Waals surface area contributed by atoms with Crippen LogP contribution in [-0.4, -0.2) is 15.3 Å². The van der Waals surface area contributed by atoms with Crippen molar-refractivity contribution in [3.8, 4) is 11.3 Å². The summed E-state index contributed by atoms with van der Waals surface area (Å²) in [7, 11) is 0. The number of imidazole rings is 1.